The van der Waals surface area contributed by atoms with E-state index in [4.69, 9.17) is 4.74 Å². The molecular formula is C16H24O4. The molecule has 0 aromatic heterocycles. The topological polar surface area (TPSA) is 66.8 Å². The molecule has 0 aliphatic heterocycles. The summed E-state index contributed by atoms with van der Waals surface area (Å²) in [7, 11) is 0. The van der Waals surface area contributed by atoms with Gasteiger partial charge in [0.25, 0.3) is 0 Å². The number of carbonyl (C=O) groups is 1. The summed E-state index contributed by atoms with van der Waals surface area (Å²) in [6, 6.07) is 0. The molecule has 4 nitrogen and oxygen atoms in total. The Balaban J connectivity index is 2.01. The summed E-state index contributed by atoms with van der Waals surface area (Å²) in [4.78, 5) is 11.6. The Morgan fingerprint density at radius 1 is 1.30 bits per heavy atom. The van der Waals surface area contributed by atoms with E-state index < -0.39 is 23.3 Å². The maximum atomic E-state index is 11.6. The van der Waals surface area contributed by atoms with Gasteiger partial charge in [0.15, 0.2) is 0 Å². The van der Waals surface area contributed by atoms with E-state index in [-0.39, 0.29) is 10.8 Å². The number of esters is 1. The Kier molecular flexibility index (Phi) is 2.72. The lowest BCUT2D eigenvalue weighted by atomic mass is 9.40. The van der Waals surface area contributed by atoms with Gasteiger partial charge in [-0.05, 0) is 31.1 Å². The Morgan fingerprint density at radius 3 is 2.55 bits per heavy atom. The van der Waals surface area contributed by atoms with Gasteiger partial charge in [-0.3, -0.25) is 0 Å². The van der Waals surface area contributed by atoms with Crippen LogP contribution < -0.4 is 0 Å². The van der Waals surface area contributed by atoms with Gasteiger partial charge < -0.3 is 14.9 Å². The summed E-state index contributed by atoms with van der Waals surface area (Å²) < 4.78 is 5.50. The zero-order chi connectivity index (χ0) is 14.8. The summed E-state index contributed by atoms with van der Waals surface area (Å²) in [5.41, 5.74) is -2.29. The molecule has 0 spiro atoms. The maximum Gasteiger partial charge on any atom is 0.330 e. The molecule has 5 atom stereocenters. The molecule has 4 rings (SSSR count). The number of hydrogen-bond donors (Lipinski definition) is 2. The van der Waals surface area contributed by atoms with Crippen LogP contribution in [-0.2, 0) is 9.53 Å². The Morgan fingerprint density at radius 2 is 2.00 bits per heavy atom. The Labute approximate surface area is 119 Å². The van der Waals surface area contributed by atoms with E-state index in [1.54, 1.807) is 0 Å². The van der Waals surface area contributed by atoms with Crippen molar-refractivity contribution in [2.24, 2.45) is 10.8 Å². The number of hydrogen-bond acceptors (Lipinski definition) is 4. The molecule has 0 aromatic rings. The normalized spacial score (nSPS) is 52.9. The van der Waals surface area contributed by atoms with Crippen molar-refractivity contribution in [2.75, 3.05) is 0 Å². The van der Waals surface area contributed by atoms with Crippen LogP contribution in [0.1, 0.15) is 52.4 Å². The molecule has 0 aromatic carbocycles. The van der Waals surface area contributed by atoms with Crippen molar-refractivity contribution in [3.63, 3.8) is 0 Å². The minimum absolute atomic E-state index is 0.0220. The van der Waals surface area contributed by atoms with Crippen molar-refractivity contribution >= 4 is 5.97 Å². The highest BCUT2D eigenvalue weighted by Crippen LogP contribution is 2.69. The average Bonchev–Trinajstić information content (AvgIpc) is 2.30. The predicted octanol–water partition coefficient (Wildman–Crippen LogP) is 1.94. The molecule has 0 heterocycles. The summed E-state index contributed by atoms with van der Waals surface area (Å²) in [6.45, 7) is 7.58. The Bertz CT molecular complexity index is 449. The van der Waals surface area contributed by atoms with Crippen LogP contribution in [0.15, 0.2) is 12.7 Å². The zero-order valence-corrected chi connectivity index (χ0v) is 12.3. The monoisotopic (exact) mass is 280 g/mol. The van der Waals surface area contributed by atoms with Gasteiger partial charge in [-0.15, -0.1) is 0 Å². The van der Waals surface area contributed by atoms with Crippen LogP contribution in [0.4, 0.5) is 0 Å². The van der Waals surface area contributed by atoms with E-state index in [1.165, 1.54) is 0 Å². The molecule has 20 heavy (non-hydrogen) atoms. The second-order valence-electron chi connectivity index (χ2n) is 7.74. The van der Waals surface area contributed by atoms with Crippen LogP contribution in [0.5, 0.6) is 0 Å². The van der Waals surface area contributed by atoms with Gasteiger partial charge in [-0.25, -0.2) is 4.79 Å². The second kappa shape index (κ2) is 3.86. The molecule has 0 radical (unpaired) electrons. The maximum absolute atomic E-state index is 11.6. The molecule has 2 N–H and O–H groups in total. The highest BCUT2D eigenvalue weighted by atomic mass is 16.6. The first-order valence-corrected chi connectivity index (χ1v) is 7.46. The molecule has 4 bridgehead atoms. The fourth-order valence-electron chi connectivity index (χ4n) is 5.84. The predicted molar refractivity (Wildman–Crippen MR) is 73.9 cm³/mol. The Hall–Kier alpha value is -0.870. The molecule has 112 valence electrons. The van der Waals surface area contributed by atoms with E-state index in [2.05, 4.69) is 13.5 Å². The first-order chi connectivity index (χ1) is 9.18. The largest absolute Gasteiger partial charge is 0.456 e. The van der Waals surface area contributed by atoms with Crippen molar-refractivity contribution in [2.45, 2.75) is 69.7 Å². The SMILES string of the molecule is C=CC(=O)OC1C2(C)CC3(O)CC(CC)(C2)CC1(O)C3. The third kappa shape index (κ3) is 1.77. The van der Waals surface area contributed by atoms with Gasteiger partial charge in [0.05, 0.1) is 5.60 Å². The van der Waals surface area contributed by atoms with Gasteiger partial charge in [0.1, 0.15) is 11.7 Å². The van der Waals surface area contributed by atoms with E-state index in [1.807, 2.05) is 6.92 Å². The highest BCUT2D eigenvalue weighted by molar-refractivity contribution is 5.81. The molecule has 0 amide bonds. The van der Waals surface area contributed by atoms with Crippen LogP contribution in [0.2, 0.25) is 0 Å². The van der Waals surface area contributed by atoms with Gasteiger partial charge >= 0.3 is 5.97 Å². The van der Waals surface area contributed by atoms with E-state index in [9.17, 15) is 15.0 Å². The molecule has 4 aliphatic rings. The summed E-state index contributed by atoms with van der Waals surface area (Å²) in [5, 5.41) is 21.9. The number of carbonyl (C=O) groups excluding carboxylic acids is 1. The number of aliphatic hydroxyl groups is 2. The van der Waals surface area contributed by atoms with Crippen LogP contribution in [0, 0.1) is 10.8 Å². The van der Waals surface area contributed by atoms with Crippen molar-refractivity contribution < 1.29 is 19.7 Å². The van der Waals surface area contributed by atoms with Crippen LogP contribution >= 0.6 is 0 Å². The fourth-order valence-corrected chi connectivity index (χ4v) is 5.84. The molecule has 4 fully saturated rings. The first kappa shape index (κ1) is 14.1. The van der Waals surface area contributed by atoms with Gasteiger partial charge in [0, 0.05) is 17.9 Å². The van der Waals surface area contributed by atoms with Gasteiger partial charge in [-0.2, -0.15) is 0 Å². The summed E-state index contributed by atoms with van der Waals surface area (Å²) in [6.07, 6.45) is 4.72. The minimum atomic E-state index is -1.10. The standard InChI is InChI=1S/C16H24O4/c1-4-11(17)20-12-13(3)6-14(5-2)8-15(18,7-13)10-16(12,19)9-14/h4,12,18-19H,1,5-10H2,2-3H3. The molecule has 4 heteroatoms. The summed E-state index contributed by atoms with van der Waals surface area (Å²) >= 11 is 0. The van der Waals surface area contributed by atoms with E-state index >= 15 is 0 Å². The zero-order valence-electron chi connectivity index (χ0n) is 12.3. The quantitative estimate of drug-likeness (QED) is 0.612. The average molecular weight is 280 g/mol. The lowest BCUT2D eigenvalue weighted by molar-refractivity contribution is -0.308. The molecular weight excluding hydrogens is 256 g/mol. The first-order valence-electron chi connectivity index (χ1n) is 7.46. The lowest BCUT2D eigenvalue weighted by Crippen LogP contribution is -2.73. The van der Waals surface area contributed by atoms with Crippen LogP contribution in [0.3, 0.4) is 0 Å². The van der Waals surface area contributed by atoms with E-state index in [0.29, 0.717) is 19.3 Å². The van der Waals surface area contributed by atoms with Crippen LogP contribution in [0.25, 0.3) is 0 Å². The van der Waals surface area contributed by atoms with Gasteiger partial charge in [0.2, 0.25) is 0 Å². The van der Waals surface area contributed by atoms with Crippen LogP contribution in [-0.4, -0.2) is 33.5 Å². The van der Waals surface area contributed by atoms with Crippen molar-refractivity contribution in [1.29, 1.82) is 0 Å². The third-order valence-electron chi connectivity index (χ3n) is 5.80. The van der Waals surface area contributed by atoms with Gasteiger partial charge in [-0.1, -0.05) is 26.8 Å². The molecule has 5 unspecified atom stereocenters. The number of rotatable bonds is 3. The minimum Gasteiger partial charge on any atom is -0.456 e. The highest BCUT2D eigenvalue weighted by Gasteiger charge is 2.71. The molecule has 0 saturated heterocycles. The van der Waals surface area contributed by atoms with Crippen molar-refractivity contribution in [3.8, 4) is 0 Å². The van der Waals surface area contributed by atoms with Crippen molar-refractivity contribution in [1.82, 2.24) is 0 Å². The fraction of sp³-hybridized carbons (Fsp3) is 0.812. The molecule has 4 aliphatic carbocycles. The molecule has 4 saturated carbocycles. The number of ether oxygens (including phenoxy) is 1. The third-order valence-corrected chi connectivity index (χ3v) is 5.80. The summed E-state index contributed by atoms with van der Waals surface area (Å²) in [5.74, 6) is -0.491. The van der Waals surface area contributed by atoms with E-state index in [0.717, 1.165) is 25.3 Å². The van der Waals surface area contributed by atoms with Crippen molar-refractivity contribution in [3.05, 3.63) is 12.7 Å². The second-order valence-corrected chi connectivity index (χ2v) is 7.74. The smallest absolute Gasteiger partial charge is 0.330 e. The lowest BCUT2D eigenvalue weighted by Gasteiger charge is -2.69.